The fourth-order valence-corrected chi connectivity index (χ4v) is 3.48. The van der Waals surface area contributed by atoms with E-state index in [9.17, 15) is 4.79 Å². The van der Waals surface area contributed by atoms with Crippen LogP contribution in [0.25, 0.3) is 0 Å². The highest BCUT2D eigenvalue weighted by Gasteiger charge is 2.38. The van der Waals surface area contributed by atoms with Crippen molar-refractivity contribution < 1.29 is 4.79 Å². The van der Waals surface area contributed by atoms with Gasteiger partial charge >= 0.3 is 0 Å². The Kier molecular flexibility index (Phi) is 7.67. The molecule has 0 aromatic carbocycles. The Balaban J connectivity index is 2.65. The smallest absolute Gasteiger partial charge is 0.234 e. The van der Waals surface area contributed by atoms with Gasteiger partial charge in [0, 0.05) is 18.1 Å². The molecule has 3 N–H and O–H groups in total. The molecule has 0 bridgehead atoms. The molecule has 1 rings (SSSR count). The lowest BCUT2D eigenvalue weighted by atomic mass is 9.74. The lowest BCUT2D eigenvalue weighted by Crippen LogP contribution is -2.58. The molecule has 0 heterocycles. The van der Waals surface area contributed by atoms with Crippen molar-refractivity contribution in [3.05, 3.63) is 0 Å². The molecule has 1 aliphatic carbocycles. The number of carbonyl (C=O) groups excluding carboxylic acids is 1. The van der Waals surface area contributed by atoms with Crippen LogP contribution in [0.5, 0.6) is 0 Å². The quantitative estimate of drug-likeness (QED) is 0.724. The Morgan fingerprint density at radius 1 is 1.33 bits per heavy atom. The van der Waals surface area contributed by atoms with Gasteiger partial charge in [0.05, 0.1) is 6.54 Å². The standard InChI is InChI=1S/C17H35N3O/c1-5-14(4)19-16(21)12-20(7-3)17(13-18)10-8-15(6-2)9-11-17/h14-15H,5-13,18H2,1-4H3,(H,19,21). The van der Waals surface area contributed by atoms with Crippen LogP contribution in [-0.2, 0) is 4.79 Å². The molecular weight excluding hydrogens is 262 g/mol. The molecule has 0 aliphatic heterocycles. The summed E-state index contributed by atoms with van der Waals surface area (Å²) in [4.78, 5) is 14.5. The van der Waals surface area contributed by atoms with Gasteiger partial charge in [0.1, 0.15) is 0 Å². The predicted octanol–water partition coefficient (Wildman–Crippen LogP) is 2.52. The third-order valence-electron chi connectivity index (χ3n) is 5.40. The number of hydrogen-bond acceptors (Lipinski definition) is 3. The predicted molar refractivity (Wildman–Crippen MR) is 89.2 cm³/mol. The van der Waals surface area contributed by atoms with Crippen molar-refractivity contribution >= 4 is 5.91 Å². The molecule has 21 heavy (non-hydrogen) atoms. The summed E-state index contributed by atoms with van der Waals surface area (Å²) in [6.45, 7) is 10.6. The summed E-state index contributed by atoms with van der Waals surface area (Å²) >= 11 is 0. The summed E-state index contributed by atoms with van der Waals surface area (Å²) < 4.78 is 0. The van der Waals surface area contributed by atoms with Crippen LogP contribution in [0.2, 0.25) is 0 Å². The Labute approximate surface area is 130 Å². The van der Waals surface area contributed by atoms with Gasteiger partial charge in [0.15, 0.2) is 0 Å². The zero-order chi connectivity index (χ0) is 15.9. The van der Waals surface area contributed by atoms with Gasteiger partial charge < -0.3 is 11.1 Å². The molecule has 1 saturated carbocycles. The minimum atomic E-state index is 0.0349. The molecular formula is C17H35N3O. The molecule has 0 aromatic rings. The Bertz CT molecular complexity index is 311. The highest BCUT2D eigenvalue weighted by Crippen LogP contribution is 2.37. The molecule has 4 heteroatoms. The third-order valence-corrected chi connectivity index (χ3v) is 5.40. The number of nitrogens with one attached hydrogen (secondary N) is 1. The third kappa shape index (κ3) is 4.96. The van der Waals surface area contributed by atoms with E-state index in [0.29, 0.717) is 13.1 Å². The highest BCUT2D eigenvalue weighted by molar-refractivity contribution is 5.78. The molecule has 0 radical (unpaired) electrons. The Morgan fingerprint density at radius 2 is 1.95 bits per heavy atom. The summed E-state index contributed by atoms with van der Waals surface area (Å²) in [7, 11) is 0. The molecule has 0 saturated heterocycles. The Morgan fingerprint density at radius 3 is 2.38 bits per heavy atom. The molecule has 0 spiro atoms. The molecule has 124 valence electrons. The maximum Gasteiger partial charge on any atom is 0.234 e. The van der Waals surface area contributed by atoms with E-state index < -0.39 is 0 Å². The lowest BCUT2D eigenvalue weighted by molar-refractivity contribution is -0.125. The fraction of sp³-hybridized carbons (Fsp3) is 0.941. The van der Waals surface area contributed by atoms with Crippen LogP contribution in [0.1, 0.15) is 66.2 Å². The van der Waals surface area contributed by atoms with Gasteiger partial charge in [-0.2, -0.15) is 0 Å². The van der Waals surface area contributed by atoms with E-state index in [-0.39, 0.29) is 17.5 Å². The number of amides is 1. The summed E-state index contributed by atoms with van der Waals surface area (Å²) in [6.07, 6.45) is 6.99. The van der Waals surface area contributed by atoms with Crippen molar-refractivity contribution in [1.82, 2.24) is 10.2 Å². The summed E-state index contributed by atoms with van der Waals surface area (Å²) in [6, 6.07) is 0.251. The molecule has 1 unspecified atom stereocenters. The first-order valence-corrected chi connectivity index (χ1v) is 8.75. The van der Waals surface area contributed by atoms with Crippen molar-refractivity contribution in [1.29, 1.82) is 0 Å². The summed E-state index contributed by atoms with van der Waals surface area (Å²) in [5.41, 5.74) is 6.17. The zero-order valence-corrected chi connectivity index (χ0v) is 14.5. The van der Waals surface area contributed by atoms with Crippen LogP contribution >= 0.6 is 0 Å². The van der Waals surface area contributed by atoms with Crippen LogP contribution in [0.3, 0.4) is 0 Å². The maximum atomic E-state index is 12.2. The van der Waals surface area contributed by atoms with Gasteiger partial charge in [-0.25, -0.2) is 0 Å². The van der Waals surface area contributed by atoms with Gasteiger partial charge in [-0.15, -0.1) is 0 Å². The molecule has 1 amide bonds. The zero-order valence-electron chi connectivity index (χ0n) is 14.5. The molecule has 1 aliphatic rings. The Hall–Kier alpha value is -0.610. The van der Waals surface area contributed by atoms with E-state index in [2.05, 4.69) is 37.9 Å². The maximum absolute atomic E-state index is 12.2. The highest BCUT2D eigenvalue weighted by atomic mass is 16.2. The first-order valence-electron chi connectivity index (χ1n) is 8.75. The second kappa shape index (κ2) is 8.74. The molecule has 1 fully saturated rings. The number of likely N-dealkylation sites (N-methyl/N-ethyl adjacent to an activating group) is 1. The van der Waals surface area contributed by atoms with E-state index in [1.165, 1.54) is 19.3 Å². The topological polar surface area (TPSA) is 58.4 Å². The second-order valence-corrected chi connectivity index (χ2v) is 6.67. The van der Waals surface area contributed by atoms with E-state index in [0.717, 1.165) is 31.7 Å². The van der Waals surface area contributed by atoms with Gasteiger partial charge in [-0.3, -0.25) is 9.69 Å². The molecule has 1 atom stereocenters. The first kappa shape index (κ1) is 18.4. The largest absolute Gasteiger partial charge is 0.353 e. The first-order chi connectivity index (χ1) is 10.0. The average Bonchev–Trinajstić information content (AvgIpc) is 2.52. The van der Waals surface area contributed by atoms with Gasteiger partial charge in [0.25, 0.3) is 0 Å². The van der Waals surface area contributed by atoms with Crippen molar-refractivity contribution in [3.63, 3.8) is 0 Å². The van der Waals surface area contributed by atoms with E-state index in [1.54, 1.807) is 0 Å². The summed E-state index contributed by atoms with van der Waals surface area (Å²) in [5.74, 6) is 0.981. The van der Waals surface area contributed by atoms with E-state index >= 15 is 0 Å². The average molecular weight is 297 g/mol. The van der Waals surface area contributed by atoms with Gasteiger partial charge in [0.2, 0.25) is 5.91 Å². The molecule has 4 nitrogen and oxygen atoms in total. The number of nitrogens with two attached hydrogens (primary N) is 1. The SMILES string of the molecule is CCC1CCC(CN)(N(CC)CC(=O)NC(C)CC)CC1. The summed E-state index contributed by atoms with van der Waals surface area (Å²) in [5, 5.41) is 3.07. The number of hydrogen-bond donors (Lipinski definition) is 2. The minimum absolute atomic E-state index is 0.0349. The molecule has 0 aromatic heterocycles. The monoisotopic (exact) mass is 297 g/mol. The number of carbonyl (C=O) groups is 1. The van der Waals surface area contributed by atoms with Crippen molar-refractivity contribution in [2.75, 3.05) is 19.6 Å². The van der Waals surface area contributed by atoms with Crippen molar-refractivity contribution in [2.45, 2.75) is 77.8 Å². The van der Waals surface area contributed by atoms with Crippen LogP contribution in [0, 0.1) is 5.92 Å². The van der Waals surface area contributed by atoms with Crippen LogP contribution in [-0.4, -0.2) is 42.0 Å². The number of nitrogens with zero attached hydrogens (tertiary/aromatic N) is 1. The van der Waals surface area contributed by atoms with Gasteiger partial charge in [-0.05, 0) is 51.5 Å². The van der Waals surface area contributed by atoms with Crippen LogP contribution < -0.4 is 11.1 Å². The van der Waals surface area contributed by atoms with Crippen molar-refractivity contribution in [3.8, 4) is 0 Å². The van der Waals surface area contributed by atoms with E-state index in [4.69, 9.17) is 5.73 Å². The minimum Gasteiger partial charge on any atom is -0.353 e. The van der Waals surface area contributed by atoms with Gasteiger partial charge in [-0.1, -0.05) is 27.2 Å². The van der Waals surface area contributed by atoms with E-state index in [1.807, 2.05) is 0 Å². The van der Waals surface area contributed by atoms with Crippen molar-refractivity contribution in [2.24, 2.45) is 11.7 Å². The normalized spacial score (nSPS) is 27.6. The fourth-order valence-electron chi connectivity index (χ4n) is 3.48. The van der Waals surface area contributed by atoms with Crippen LogP contribution in [0.15, 0.2) is 0 Å². The second-order valence-electron chi connectivity index (χ2n) is 6.67. The van der Waals surface area contributed by atoms with Crippen LogP contribution in [0.4, 0.5) is 0 Å². The number of rotatable bonds is 8. The lowest BCUT2D eigenvalue weighted by Gasteiger charge is -2.47.